The molecule has 0 atom stereocenters. The number of likely N-dealkylation sites (tertiary alicyclic amines) is 1. The average Bonchev–Trinajstić information content (AvgIpc) is 3.04. The molecule has 1 aliphatic carbocycles. The van der Waals surface area contributed by atoms with Gasteiger partial charge in [-0.2, -0.15) is 0 Å². The molecule has 3 fully saturated rings. The first kappa shape index (κ1) is 19.8. The number of hydrogen-bond donors (Lipinski definition) is 0. The van der Waals surface area contributed by atoms with Crippen molar-refractivity contribution in [3.8, 4) is 0 Å². The molecule has 1 spiro atoms. The van der Waals surface area contributed by atoms with Crippen LogP contribution in [-0.2, 0) is 9.47 Å². The van der Waals surface area contributed by atoms with Gasteiger partial charge in [0.15, 0.2) is 0 Å². The smallest absolute Gasteiger partial charge is 0.254 e. The Morgan fingerprint density at radius 1 is 1.05 bits per heavy atom. The Kier molecular flexibility index (Phi) is 7.21. The molecule has 0 radical (unpaired) electrons. The third-order valence-corrected chi connectivity index (χ3v) is 4.85. The van der Waals surface area contributed by atoms with Crippen molar-refractivity contribution in [1.82, 2.24) is 4.90 Å². The fourth-order valence-corrected chi connectivity index (χ4v) is 3.45. The molecule has 3 rings (SSSR count). The van der Waals surface area contributed by atoms with Crippen LogP contribution in [0.15, 0.2) is 0 Å². The number of hydrogen-bond acceptors (Lipinski definition) is 3. The normalized spacial score (nSPS) is 26.9. The molecule has 0 unspecified atom stereocenters. The lowest BCUT2D eigenvalue weighted by atomic mass is 9.84. The Morgan fingerprint density at radius 3 is 1.86 bits per heavy atom. The van der Waals surface area contributed by atoms with Gasteiger partial charge in [-0.1, -0.05) is 27.7 Å². The number of alkyl halides is 2. The lowest BCUT2D eigenvalue weighted by Crippen LogP contribution is -2.55. The van der Waals surface area contributed by atoms with Crippen LogP contribution < -0.4 is 0 Å². The monoisotopic (exact) mass is 321 g/mol. The summed E-state index contributed by atoms with van der Waals surface area (Å²) >= 11 is 0. The molecule has 0 bridgehead atoms. The van der Waals surface area contributed by atoms with Crippen molar-refractivity contribution in [2.75, 3.05) is 46.6 Å². The Labute approximate surface area is 134 Å². The molecule has 0 N–H and O–H groups in total. The highest BCUT2D eigenvalue weighted by atomic mass is 19.3. The average molecular weight is 321 g/mol. The molecule has 3 aliphatic rings. The zero-order valence-corrected chi connectivity index (χ0v) is 14.9. The van der Waals surface area contributed by atoms with Crippen molar-refractivity contribution in [3.63, 3.8) is 0 Å². The van der Waals surface area contributed by atoms with Crippen molar-refractivity contribution in [2.45, 2.75) is 52.9 Å². The van der Waals surface area contributed by atoms with E-state index in [9.17, 15) is 8.78 Å². The lowest BCUT2D eigenvalue weighted by Gasteiger charge is -2.45. The number of ether oxygens (including phenoxy) is 2. The van der Waals surface area contributed by atoms with Crippen LogP contribution in [0, 0.1) is 10.8 Å². The second kappa shape index (κ2) is 8.02. The summed E-state index contributed by atoms with van der Waals surface area (Å²) in [6, 6.07) is 0. The van der Waals surface area contributed by atoms with E-state index in [-0.39, 0.29) is 11.8 Å². The third kappa shape index (κ3) is 3.98. The first-order chi connectivity index (χ1) is 10.5. The summed E-state index contributed by atoms with van der Waals surface area (Å²) in [6.45, 7) is 12.7. The van der Waals surface area contributed by atoms with E-state index in [1.807, 2.05) is 27.7 Å². The van der Waals surface area contributed by atoms with Crippen LogP contribution >= 0.6 is 0 Å². The molecule has 3 nitrogen and oxygen atoms in total. The minimum Gasteiger partial charge on any atom is -0.384 e. The molecule has 0 amide bonds. The van der Waals surface area contributed by atoms with Crippen molar-refractivity contribution < 1.29 is 18.3 Å². The minimum atomic E-state index is -2.39. The molecular weight excluding hydrogens is 288 g/mol. The summed E-state index contributed by atoms with van der Waals surface area (Å²) in [5.41, 5.74) is -0.542. The summed E-state index contributed by atoms with van der Waals surface area (Å²) < 4.78 is 37.1. The maximum absolute atomic E-state index is 13.3. The molecule has 2 heterocycles. The molecule has 5 heteroatoms. The first-order valence-corrected chi connectivity index (χ1v) is 8.68. The van der Waals surface area contributed by atoms with Gasteiger partial charge >= 0.3 is 0 Å². The third-order valence-electron chi connectivity index (χ3n) is 4.85. The van der Waals surface area contributed by atoms with E-state index in [4.69, 9.17) is 9.47 Å². The summed E-state index contributed by atoms with van der Waals surface area (Å²) in [6.07, 6.45) is 1.40. The van der Waals surface area contributed by atoms with Crippen molar-refractivity contribution in [3.05, 3.63) is 0 Å². The zero-order chi connectivity index (χ0) is 16.9. The molecule has 0 aromatic rings. The molecule has 0 aromatic heterocycles. The lowest BCUT2D eigenvalue weighted by molar-refractivity contribution is -0.156. The quantitative estimate of drug-likeness (QED) is 0.785. The van der Waals surface area contributed by atoms with Gasteiger partial charge in [0.05, 0.1) is 25.2 Å². The fourth-order valence-electron chi connectivity index (χ4n) is 3.45. The molecule has 0 aromatic carbocycles. The summed E-state index contributed by atoms with van der Waals surface area (Å²) in [5.74, 6) is -2.39. The van der Waals surface area contributed by atoms with E-state index in [1.165, 1.54) is 0 Å². The molecule has 2 aliphatic heterocycles. The predicted octanol–water partition coefficient (Wildman–Crippen LogP) is 3.82. The number of methoxy groups -OCH3 is 1. The van der Waals surface area contributed by atoms with Gasteiger partial charge in [-0.05, 0) is 25.9 Å². The standard InChI is InChI=1S/C13H21F2NO2.2C2H6/c1-17-8-11(9-18-10-11)7-16-4-2-12(3-5-16)6-13(12,14)15;2*1-2/h2-10H2,1H3;2*1-2H3. The number of nitrogens with zero attached hydrogens (tertiary/aromatic N) is 1. The van der Waals surface area contributed by atoms with Crippen LogP contribution in [0.4, 0.5) is 8.78 Å². The van der Waals surface area contributed by atoms with Crippen LogP contribution in [0.1, 0.15) is 47.0 Å². The largest absolute Gasteiger partial charge is 0.384 e. The fraction of sp³-hybridized carbons (Fsp3) is 1.00. The highest BCUT2D eigenvalue weighted by Crippen LogP contribution is 2.65. The topological polar surface area (TPSA) is 21.7 Å². The number of piperidine rings is 1. The highest BCUT2D eigenvalue weighted by molar-refractivity contribution is 5.12. The minimum absolute atomic E-state index is 0.103. The van der Waals surface area contributed by atoms with Gasteiger partial charge in [0.25, 0.3) is 5.92 Å². The van der Waals surface area contributed by atoms with Gasteiger partial charge in [-0.3, -0.25) is 0 Å². The number of halogens is 2. The summed E-state index contributed by atoms with van der Waals surface area (Å²) in [7, 11) is 1.70. The second-order valence-electron chi connectivity index (χ2n) is 6.36. The Bertz CT molecular complexity index is 325. The zero-order valence-electron chi connectivity index (χ0n) is 14.9. The molecular formula is C17H33F2NO2. The number of rotatable bonds is 4. The van der Waals surface area contributed by atoms with Crippen molar-refractivity contribution in [2.24, 2.45) is 10.8 Å². The van der Waals surface area contributed by atoms with E-state index >= 15 is 0 Å². The highest BCUT2D eigenvalue weighted by Gasteiger charge is 2.70. The van der Waals surface area contributed by atoms with Gasteiger partial charge < -0.3 is 14.4 Å². The van der Waals surface area contributed by atoms with Crippen LogP contribution in [0.5, 0.6) is 0 Å². The van der Waals surface area contributed by atoms with E-state index < -0.39 is 11.3 Å². The Balaban J connectivity index is 0.000000561. The van der Waals surface area contributed by atoms with Gasteiger partial charge in [0.2, 0.25) is 0 Å². The predicted molar refractivity (Wildman–Crippen MR) is 85.5 cm³/mol. The van der Waals surface area contributed by atoms with Crippen molar-refractivity contribution >= 4 is 0 Å². The SMILES string of the molecule is CC.CC.COCC1(CN2CCC3(CC2)CC3(F)F)COC1. The summed E-state index contributed by atoms with van der Waals surface area (Å²) in [5, 5.41) is 0. The Morgan fingerprint density at radius 2 is 1.55 bits per heavy atom. The van der Waals surface area contributed by atoms with E-state index in [2.05, 4.69) is 4.90 Å². The van der Waals surface area contributed by atoms with Crippen LogP contribution in [0.25, 0.3) is 0 Å². The van der Waals surface area contributed by atoms with Crippen molar-refractivity contribution in [1.29, 1.82) is 0 Å². The maximum atomic E-state index is 13.3. The van der Waals surface area contributed by atoms with Gasteiger partial charge in [-0.25, -0.2) is 8.78 Å². The van der Waals surface area contributed by atoms with E-state index in [0.29, 0.717) is 19.4 Å². The van der Waals surface area contributed by atoms with Crippen LogP contribution in [-0.4, -0.2) is 57.4 Å². The molecule has 132 valence electrons. The Hall–Kier alpha value is -0.260. The van der Waals surface area contributed by atoms with Gasteiger partial charge in [0, 0.05) is 25.5 Å². The molecule has 22 heavy (non-hydrogen) atoms. The molecule has 1 saturated carbocycles. The van der Waals surface area contributed by atoms with Crippen LogP contribution in [0.3, 0.4) is 0 Å². The van der Waals surface area contributed by atoms with E-state index in [1.54, 1.807) is 7.11 Å². The van der Waals surface area contributed by atoms with Gasteiger partial charge in [0.1, 0.15) is 0 Å². The summed E-state index contributed by atoms with van der Waals surface area (Å²) in [4.78, 5) is 2.31. The van der Waals surface area contributed by atoms with Crippen LogP contribution in [0.2, 0.25) is 0 Å². The second-order valence-corrected chi connectivity index (χ2v) is 6.36. The first-order valence-electron chi connectivity index (χ1n) is 8.68. The van der Waals surface area contributed by atoms with E-state index in [0.717, 1.165) is 32.8 Å². The molecule has 2 saturated heterocycles. The van der Waals surface area contributed by atoms with Gasteiger partial charge in [-0.15, -0.1) is 0 Å². The maximum Gasteiger partial charge on any atom is 0.254 e.